The molecule has 7 rings (SSSR count). The van der Waals surface area contributed by atoms with Crippen molar-refractivity contribution in [2.75, 3.05) is 74.8 Å². The van der Waals surface area contributed by atoms with Crippen molar-refractivity contribution in [2.45, 2.75) is 25.4 Å². The number of fused-ring (bicyclic) bond motifs is 1. The number of aromatic nitrogens is 2. The lowest BCUT2D eigenvalue weighted by Crippen LogP contribution is -2.49. The SMILES string of the molecule is O=C(O)CN1CCC(CN2CCN(c3ccc(-c4cnc5[nH]cc(Oc6c(F)ccc(N(N7CC[C@@H](F)C7)[SH](=O)=O)c6F)c5c4)cc3)CC2)CC1. The summed E-state index contributed by atoms with van der Waals surface area (Å²) in [5.74, 6) is -3.14. The van der Waals surface area contributed by atoms with Gasteiger partial charge in [-0.05, 0) is 74.2 Å². The Morgan fingerprint density at radius 3 is 2.37 bits per heavy atom. The molecule has 3 aliphatic rings. The molecule has 51 heavy (non-hydrogen) atoms. The molecule has 12 nitrogen and oxygen atoms in total. The lowest BCUT2D eigenvalue weighted by molar-refractivity contribution is -0.138. The number of ether oxygens (including phenoxy) is 1. The van der Waals surface area contributed by atoms with E-state index in [4.69, 9.17) is 9.84 Å². The van der Waals surface area contributed by atoms with Crippen LogP contribution in [0.1, 0.15) is 19.3 Å². The van der Waals surface area contributed by atoms with E-state index in [9.17, 15) is 22.0 Å². The fraction of sp³-hybridized carbons (Fsp3) is 0.429. The van der Waals surface area contributed by atoms with Gasteiger partial charge in [-0.25, -0.2) is 31.6 Å². The Morgan fingerprint density at radius 1 is 0.961 bits per heavy atom. The lowest BCUT2D eigenvalue weighted by Gasteiger charge is -2.39. The fourth-order valence-corrected chi connectivity index (χ4v) is 7.95. The molecule has 0 bridgehead atoms. The number of carboxylic acids is 1. The number of carboxylic acid groups (broad SMARTS) is 1. The number of benzene rings is 2. The Morgan fingerprint density at radius 2 is 1.71 bits per heavy atom. The van der Waals surface area contributed by atoms with Gasteiger partial charge < -0.3 is 19.7 Å². The van der Waals surface area contributed by atoms with E-state index in [0.29, 0.717) is 21.4 Å². The number of carbonyl (C=O) groups is 1. The quantitative estimate of drug-likeness (QED) is 0.190. The van der Waals surface area contributed by atoms with Gasteiger partial charge in [0.05, 0.1) is 18.5 Å². The highest BCUT2D eigenvalue weighted by Crippen LogP contribution is 2.38. The number of nitrogens with zero attached hydrogens (tertiary/aromatic N) is 6. The number of alkyl halides is 1. The summed E-state index contributed by atoms with van der Waals surface area (Å²) in [7, 11) is -3.40. The number of rotatable bonds is 11. The van der Waals surface area contributed by atoms with Crippen molar-refractivity contribution in [3.05, 3.63) is 66.5 Å². The lowest BCUT2D eigenvalue weighted by atomic mass is 9.96. The number of hydrogen-bond acceptors (Lipinski definition) is 9. The van der Waals surface area contributed by atoms with E-state index in [-0.39, 0.29) is 31.8 Å². The van der Waals surface area contributed by atoms with Crippen molar-refractivity contribution in [3.63, 3.8) is 0 Å². The van der Waals surface area contributed by atoms with Crippen LogP contribution >= 0.6 is 0 Å². The number of aromatic amines is 1. The zero-order valence-corrected chi connectivity index (χ0v) is 28.8. The number of piperidine rings is 1. The number of H-pyrrole nitrogens is 1. The molecule has 0 aliphatic carbocycles. The van der Waals surface area contributed by atoms with Crippen molar-refractivity contribution in [1.29, 1.82) is 0 Å². The van der Waals surface area contributed by atoms with Crippen LogP contribution in [0.4, 0.5) is 24.5 Å². The molecule has 0 unspecified atom stereocenters. The summed E-state index contributed by atoms with van der Waals surface area (Å²) in [6, 6.07) is 11.9. The van der Waals surface area contributed by atoms with Gasteiger partial charge in [-0.2, -0.15) is 4.41 Å². The van der Waals surface area contributed by atoms with Gasteiger partial charge in [-0.1, -0.05) is 12.1 Å². The molecule has 3 saturated heterocycles. The van der Waals surface area contributed by atoms with Crippen LogP contribution in [0.15, 0.2) is 54.9 Å². The molecule has 4 aromatic rings. The van der Waals surface area contributed by atoms with Crippen LogP contribution in [0.2, 0.25) is 0 Å². The van der Waals surface area contributed by atoms with Crippen LogP contribution in [-0.2, 0) is 15.7 Å². The summed E-state index contributed by atoms with van der Waals surface area (Å²) in [6.45, 7) is 6.39. The summed E-state index contributed by atoms with van der Waals surface area (Å²) < 4.78 is 75.1. The van der Waals surface area contributed by atoms with Gasteiger partial charge >= 0.3 is 5.97 Å². The monoisotopic (exact) mass is 727 g/mol. The third-order valence-corrected chi connectivity index (χ3v) is 10.8. The standard InChI is InChI=1S/C35H40F3N7O5S/c36-26-9-12-44(21-26)45(51(48)49)30-6-5-29(37)34(33(30)38)50-31-19-40-35-28(31)17-25(18-39-35)24-1-3-27(4-2-24)43-15-13-42(14-16-43)20-23-7-10-41(11-8-23)22-32(46)47/h1-6,17-19,23,26,51H,7-16,20-22H2,(H,39,40)(H,46,47)/t26-/m1/s1. The van der Waals surface area contributed by atoms with E-state index in [0.717, 1.165) is 87.6 Å². The number of nitrogens with one attached hydrogen (secondary N) is 1. The molecule has 272 valence electrons. The molecule has 3 aliphatic heterocycles. The molecule has 0 saturated carbocycles. The van der Waals surface area contributed by atoms with Crippen molar-refractivity contribution in [2.24, 2.45) is 5.92 Å². The zero-order chi connectivity index (χ0) is 35.6. The summed E-state index contributed by atoms with van der Waals surface area (Å²) in [5.41, 5.74) is 2.72. The number of pyridine rings is 1. The van der Waals surface area contributed by atoms with E-state index < -0.39 is 46.1 Å². The normalized spacial score (nSPS) is 19.7. The van der Waals surface area contributed by atoms with Crippen molar-refractivity contribution in [3.8, 4) is 22.6 Å². The summed E-state index contributed by atoms with van der Waals surface area (Å²) >= 11 is 0. The molecular formula is C35H40F3N7O5S. The number of hydrazine groups is 1. The molecule has 0 amide bonds. The molecule has 0 radical (unpaired) electrons. The van der Waals surface area contributed by atoms with E-state index >= 15 is 4.39 Å². The van der Waals surface area contributed by atoms with Crippen LogP contribution in [-0.4, -0.2) is 116 Å². The smallest absolute Gasteiger partial charge is 0.317 e. The maximum Gasteiger partial charge on any atom is 0.317 e. The van der Waals surface area contributed by atoms with E-state index in [1.807, 2.05) is 17.0 Å². The Kier molecular flexibility index (Phi) is 10.4. The number of likely N-dealkylation sites (tertiary alicyclic amines) is 1. The van der Waals surface area contributed by atoms with Crippen LogP contribution in [0, 0.1) is 17.6 Å². The minimum absolute atomic E-state index is 0.0609. The first-order valence-electron chi connectivity index (χ1n) is 17.1. The Bertz CT molecular complexity index is 1940. The van der Waals surface area contributed by atoms with E-state index in [1.54, 1.807) is 12.3 Å². The third-order valence-electron chi connectivity index (χ3n) is 10.0. The first-order chi connectivity index (χ1) is 24.6. The highest BCUT2D eigenvalue weighted by atomic mass is 32.2. The van der Waals surface area contributed by atoms with Gasteiger partial charge in [0, 0.05) is 62.9 Å². The first kappa shape index (κ1) is 35.0. The second-order valence-corrected chi connectivity index (χ2v) is 14.2. The van der Waals surface area contributed by atoms with E-state index in [2.05, 4.69) is 31.9 Å². The van der Waals surface area contributed by atoms with Crippen molar-refractivity contribution >= 4 is 39.3 Å². The van der Waals surface area contributed by atoms with E-state index in [1.165, 1.54) is 11.2 Å². The number of piperazine rings is 1. The summed E-state index contributed by atoms with van der Waals surface area (Å²) in [4.78, 5) is 25.3. The van der Waals surface area contributed by atoms with Crippen molar-refractivity contribution in [1.82, 2.24) is 24.8 Å². The first-order valence-corrected chi connectivity index (χ1v) is 18.2. The zero-order valence-electron chi connectivity index (χ0n) is 27.9. The maximum absolute atomic E-state index is 15.8. The second-order valence-electron chi connectivity index (χ2n) is 13.4. The molecule has 1 atom stereocenters. The molecule has 3 fully saturated rings. The van der Waals surface area contributed by atoms with Gasteiger partial charge in [0.2, 0.25) is 16.6 Å². The highest BCUT2D eigenvalue weighted by molar-refractivity contribution is 7.73. The Labute approximate surface area is 295 Å². The predicted octanol–water partition coefficient (Wildman–Crippen LogP) is 4.51. The predicted molar refractivity (Wildman–Crippen MR) is 187 cm³/mol. The molecule has 2 aromatic heterocycles. The van der Waals surface area contributed by atoms with Gasteiger partial charge in [0.15, 0.2) is 17.4 Å². The minimum atomic E-state index is -3.40. The highest BCUT2D eigenvalue weighted by Gasteiger charge is 2.32. The Balaban J connectivity index is 1.01. The number of anilines is 2. The average molecular weight is 728 g/mol. The largest absolute Gasteiger partial charge is 0.480 e. The average Bonchev–Trinajstić information content (AvgIpc) is 3.74. The minimum Gasteiger partial charge on any atom is -0.480 e. The van der Waals surface area contributed by atoms with Crippen molar-refractivity contribution < 1.29 is 36.2 Å². The molecule has 2 aromatic carbocycles. The van der Waals surface area contributed by atoms with Crippen LogP contribution in [0.5, 0.6) is 11.5 Å². The van der Waals surface area contributed by atoms with Crippen LogP contribution in [0.25, 0.3) is 22.2 Å². The molecule has 2 N–H and O–H groups in total. The number of hydrogen-bond donors (Lipinski definition) is 3. The third kappa shape index (κ3) is 7.78. The molecule has 0 spiro atoms. The number of aliphatic carboxylic acids is 1. The van der Waals surface area contributed by atoms with Crippen LogP contribution in [0.3, 0.4) is 0 Å². The molecule has 16 heteroatoms. The molecule has 5 heterocycles. The van der Waals surface area contributed by atoms with Crippen LogP contribution < -0.4 is 14.1 Å². The topological polar surface area (TPSA) is 126 Å². The number of thiol groups is 1. The summed E-state index contributed by atoms with van der Waals surface area (Å²) in [5, 5.41) is 10.7. The van der Waals surface area contributed by atoms with Gasteiger partial charge in [0.1, 0.15) is 17.5 Å². The second kappa shape index (κ2) is 15.1. The van der Waals surface area contributed by atoms with Gasteiger partial charge in [-0.15, -0.1) is 0 Å². The number of halogens is 3. The van der Waals surface area contributed by atoms with Gasteiger partial charge in [-0.3, -0.25) is 14.6 Å². The Hall–Kier alpha value is -4.38. The molecular weight excluding hydrogens is 687 g/mol. The van der Waals surface area contributed by atoms with Gasteiger partial charge in [0.25, 0.3) is 0 Å². The maximum atomic E-state index is 15.8. The summed E-state index contributed by atoms with van der Waals surface area (Å²) in [6.07, 6.45) is 4.01. The fourth-order valence-electron chi connectivity index (χ4n) is 7.25.